The number of aliphatic carboxylic acids is 1. The van der Waals surface area contributed by atoms with Crippen molar-refractivity contribution >= 4 is 5.97 Å². The summed E-state index contributed by atoms with van der Waals surface area (Å²) in [6.07, 6.45) is 2.13. The number of carboxylic acid groups (broad SMARTS) is 1. The van der Waals surface area contributed by atoms with E-state index in [9.17, 15) is 9.90 Å². The fourth-order valence-corrected chi connectivity index (χ4v) is 2.36. The van der Waals surface area contributed by atoms with E-state index in [1.54, 1.807) is 0 Å². The predicted molar refractivity (Wildman–Crippen MR) is 55.8 cm³/mol. The van der Waals surface area contributed by atoms with Crippen molar-refractivity contribution in [3.8, 4) is 0 Å². The highest BCUT2D eigenvalue weighted by Crippen LogP contribution is 2.36. The first-order chi connectivity index (χ1) is 6.99. The molecule has 15 heavy (non-hydrogen) atoms. The number of carbonyl (C=O) groups is 1. The van der Waals surface area contributed by atoms with Gasteiger partial charge in [-0.2, -0.15) is 0 Å². The molecule has 1 heterocycles. The molecular weight excluding hydrogens is 194 g/mol. The lowest BCUT2D eigenvalue weighted by Gasteiger charge is -2.40. The Bertz CT molecular complexity index is 261. The van der Waals surface area contributed by atoms with Gasteiger partial charge in [-0.25, -0.2) is 0 Å². The van der Waals surface area contributed by atoms with Crippen LogP contribution in [0.4, 0.5) is 0 Å². The molecule has 0 bridgehead atoms. The highest BCUT2D eigenvalue weighted by Gasteiger charge is 2.43. The number of nitrogens with zero attached hydrogens (tertiary/aromatic N) is 1. The minimum atomic E-state index is -0.671. The average Bonchev–Trinajstić information content (AvgIpc) is 2.85. The maximum Gasteiger partial charge on any atom is 0.321 e. The molecule has 2 aliphatic rings. The van der Waals surface area contributed by atoms with Gasteiger partial charge in [0.25, 0.3) is 0 Å². The molecule has 1 aliphatic carbocycles. The Morgan fingerprint density at radius 3 is 2.67 bits per heavy atom. The topological polar surface area (TPSA) is 49.8 Å². The first-order valence-electron chi connectivity index (χ1n) is 5.60. The molecule has 4 nitrogen and oxygen atoms in total. The van der Waals surface area contributed by atoms with Gasteiger partial charge in [0, 0.05) is 13.1 Å². The van der Waals surface area contributed by atoms with Gasteiger partial charge in [0.05, 0.1) is 12.2 Å². The van der Waals surface area contributed by atoms with Crippen molar-refractivity contribution in [2.45, 2.75) is 38.3 Å². The molecule has 1 aliphatic heterocycles. The number of hydrogen-bond acceptors (Lipinski definition) is 3. The summed E-state index contributed by atoms with van der Waals surface area (Å²) in [5.74, 6) is -0.299. The normalized spacial score (nSPS) is 28.7. The van der Waals surface area contributed by atoms with Crippen LogP contribution in [0.3, 0.4) is 0 Å². The van der Waals surface area contributed by atoms with Gasteiger partial charge in [-0.05, 0) is 32.6 Å². The molecule has 2 fully saturated rings. The molecular formula is C11H19NO3. The van der Waals surface area contributed by atoms with Gasteiger partial charge in [-0.3, -0.25) is 9.69 Å². The van der Waals surface area contributed by atoms with Crippen LogP contribution < -0.4 is 0 Å². The fourth-order valence-electron chi connectivity index (χ4n) is 2.36. The molecule has 0 radical (unpaired) electrons. The van der Waals surface area contributed by atoms with Crippen LogP contribution in [-0.4, -0.2) is 47.3 Å². The molecule has 0 spiro atoms. The van der Waals surface area contributed by atoms with Crippen molar-refractivity contribution in [1.29, 1.82) is 0 Å². The lowest BCUT2D eigenvalue weighted by atomic mass is 10.0. The Hall–Kier alpha value is -0.610. The number of carboxylic acids is 1. The lowest BCUT2D eigenvalue weighted by molar-refractivity contribution is -0.151. The van der Waals surface area contributed by atoms with E-state index in [1.807, 2.05) is 13.8 Å². The van der Waals surface area contributed by atoms with E-state index in [0.717, 1.165) is 25.9 Å². The molecule has 1 N–H and O–H groups in total. The summed E-state index contributed by atoms with van der Waals surface area (Å²) < 4.78 is 5.59. The molecule has 1 unspecified atom stereocenters. The number of hydrogen-bond donors (Lipinski definition) is 1. The summed E-state index contributed by atoms with van der Waals surface area (Å²) in [7, 11) is 0. The molecule has 0 aromatic rings. The van der Waals surface area contributed by atoms with Gasteiger partial charge in [0.1, 0.15) is 6.04 Å². The number of morpholine rings is 1. The van der Waals surface area contributed by atoms with Gasteiger partial charge in [0.2, 0.25) is 0 Å². The molecule has 0 aromatic heterocycles. The molecule has 0 aromatic carbocycles. The highest BCUT2D eigenvalue weighted by molar-refractivity contribution is 5.74. The van der Waals surface area contributed by atoms with Gasteiger partial charge in [-0.15, -0.1) is 0 Å². The Labute approximate surface area is 90.2 Å². The van der Waals surface area contributed by atoms with Crippen LogP contribution in [0.25, 0.3) is 0 Å². The minimum Gasteiger partial charge on any atom is -0.480 e. The van der Waals surface area contributed by atoms with Crippen molar-refractivity contribution < 1.29 is 14.6 Å². The predicted octanol–water partition coefficient (Wildman–Crippen LogP) is 0.960. The minimum absolute atomic E-state index is 0.208. The number of ether oxygens (including phenoxy) is 1. The monoisotopic (exact) mass is 213 g/mol. The van der Waals surface area contributed by atoms with E-state index in [2.05, 4.69) is 4.90 Å². The molecule has 2 rings (SSSR count). The SMILES string of the molecule is CC1(C)CN(C(C(=O)O)C2CC2)CCO1. The largest absolute Gasteiger partial charge is 0.480 e. The lowest BCUT2D eigenvalue weighted by Crippen LogP contribution is -2.55. The molecule has 0 amide bonds. The first-order valence-corrected chi connectivity index (χ1v) is 5.60. The van der Waals surface area contributed by atoms with Gasteiger partial charge in [-0.1, -0.05) is 0 Å². The Morgan fingerprint density at radius 2 is 2.20 bits per heavy atom. The van der Waals surface area contributed by atoms with Crippen molar-refractivity contribution in [3.63, 3.8) is 0 Å². The summed E-state index contributed by atoms with van der Waals surface area (Å²) >= 11 is 0. The zero-order valence-electron chi connectivity index (χ0n) is 9.40. The van der Waals surface area contributed by atoms with E-state index in [4.69, 9.17) is 4.74 Å². The Morgan fingerprint density at radius 1 is 1.53 bits per heavy atom. The van der Waals surface area contributed by atoms with Crippen LogP contribution in [-0.2, 0) is 9.53 Å². The number of rotatable bonds is 3. The van der Waals surface area contributed by atoms with Crippen molar-refractivity contribution in [3.05, 3.63) is 0 Å². The summed E-state index contributed by atoms with van der Waals surface area (Å²) in [6.45, 7) is 6.15. The van der Waals surface area contributed by atoms with Crippen LogP contribution in [0, 0.1) is 5.92 Å². The van der Waals surface area contributed by atoms with Crippen LogP contribution in [0.1, 0.15) is 26.7 Å². The van der Waals surface area contributed by atoms with Gasteiger partial charge >= 0.3 is 5.97 Å². The third kappa shape index (κ3) is 2.49. The average molecular weight is 213 g/mol. The van der Waals surface area contributed by atoms with Crippen molar-refractivity contribution in [2.24, 2.45) is 5.92 Å². The van der Waals surface area contributed by atoms with Crippen LogP contribution >= 0.6 is 0 Å². The van der Waals surface area contributed by atoms with Crippen LogP contribution in [0.5, 0.6) is 0 Å². The van der Waals surface area contributed by atoms with Crippen LogP contribution in [0.15, 0.2) is 0 Å². The highest BCUT2D eigenvalue weighted by atomic mass is 16.5. The van der Waals surface area contributed by atoms with E-state index in [1.165, 1.54) is 0 Å². The first kappa shape index (κ1) is 10.9. The molecule has 1 saturated carbocycles. The van der Waals surface area contributed by atoms with E-state index < -0.39 is 5.97 Å². The maximum absolute atomic E-state index is 11.2. The summed E-state index contributed by atoms with van der Waals surface area (Å²) in [5, 5.41) is 9.22. The molecule has 1 saturated heterocycles. The van der Waals surface area contributed by atoms with E-state index in [0.29, 0.717) is 12.5 Å². The summed E-state index contributed by atoms with van der Waals surface area (Å²) in [4.78, 5) is 13.3. The summed E-state index contributed by atoms with van der Waals surface area (Å²) in [6, 6.07) is -0.284. The molecule has 86 valence electrons. The van der Waals surface area contributed by atoms with Crippen molar-refractivity contribution in [1.82, 2.24) is 4.90 Å². The second-order valence-electron chi connectivity index (χ2n) is 5.20. The second-order valence-corrected chi connectivity index (χ2v) is 5.20. The zero-order chi connectivity index (χ0) is 11.1. The third-order valence-electron chi connectivity index (χ3n) is 3.17. The fraction of sp³-hybridized carbons (Fsp3) is 0.909. The van der Waals surface area contributed by atoms with Crippen LogP contribution in [0.2, 0.25) is 0 Å². The Kier molecular flexibility index (Phi) is 2.73. The van der Waals surface area contributed by atoms with E-state index in [-0.39, 0.29) is 11.6 Å². The smallest absolute Gasteiger partial charge is 0.321 e. The molecule has 4 heteroatoms. The molecule has 1 atom stereocenters. The quantitative estimate of drug-likeness (QED) is 0.758. The summed E-state index contributed by atoms with van der Waals surface area (Å²) in [5.41, 5.74) is -0.208. The second kappa shape index (κ2) is 3.76. The van der Waals surface area contributed by atoms with Crippen molar-refractivity contribution in [2.75, 3.05) is 19.7 Å². The Balaban J connectivity index is 2.03. The maximum atomic E-state index is 11.2. The van der Waals surface area contributed by atoms with Gasteiger partial charge in [0.15, 0.2) is 0 Å². The van der Waals surface area contributed by atoms with E-state index >= 15 is 0 Å². The standard InChI is InChI=1S/C11H19NO3/c1-11(2)7-12(5-6-15-11)9(10(13)14)8-3-4-8/h8-9H,3-7H2,1-2H3,(H,13,14). The zero-order valence-corrected chi connectivity index (χ0v) is 9.40. The third-order valence-corrected chi connectivity index (χ3v) is 3.17. The van der Waals surface area contributed by atoms with Gasteiger partial charge < -0.3 is 9.84 Å².